The van der Waals surface area contributed by atoms with Crippen LogP contribution in [0.5, 0.6) is 0 Å². The Balaban J connectivity index is 2.29. The van der Waals surface area contributed by atoms with Gasteiger partial charge in [-0.05, 0) is 61.9 Å². The SMILES string of the molecule is CCc1nnsc1C(=O)Nc1c(Br)cc(N)cc1Br. The number of benzene rings is 1. The van der Waals surface area contributed by atoms with Crippen LogP contribution in [-0.2, 0) is 6.42 Å². The van der Waals surface area contributed by atoms with E-state index in [1.54, 1.807) is 12.1 Å². The van der Waals surface area contributed by atoms with Crippen molar-refractivity contribution in [3.05, 3.63) is 31.6 Å². The fraction of sp³-hybridized carbons (Fsp3) is 0.182. The zero-order valence-electron chi connectivity index (χ0n) is 9.91. The highest BCUT2D eigenvalue weighted by atomic mass is 79.9. The van der Waals surface area contributed by atoms with Crippen molar-refractivity contribution in [3.8, 4) is 0 Å². The highest BCUT2D eigenvalue weighted by Crippen LogP contribution is 2.34. The molecule has 1 amide bonds. The Kier molecular flexibility index (Phi) is 4.54. The standard InChI is InChI=1S/C11H10Br2N4OS/c1-2-8-10(19-17-16-8)11(18)15-9-6(12)3-5(14)4-7(9)13/h3-4H,2,14H2,1H3,(H,15,18). The second-order valence-corrected chi connectivity index (χ2v) is 6.18. The minimum atomic E-state index is -0.224. The Hall–Kier alpha value is -0.990. The number of nitrogen functional groups attached to an aromatic ring is 1. The van der Waals surface area contributed by atoms with Crippen molar-refractivity contribution < 1.29 is 4.79 Å². The molecule has 1 aromatic carbocycles. The molecule has 0 aliphatic heterocycles. The van der Waals surface area contributed by atoms with E-state index in [9.17, 15) is 4.79 Å². The molecule has 0 aliphatic carbocycles. The molecule has 0 spiro atoms. The summed E-state index contributed by atoms with van der Waals surface area (Å²) < 4.78 is 5.22. The highest BCUT2D eigenvalue weighted by Gasteiger charge is 2.17. The monoisotopic (exact) mass is 404 g/mol. The van der Waals surface area contributed by atoms with Crippen molar-refractivity contribution >= 4 is 60.7 Å². The van der Waals surface area contributed by atoms with E-state index >= 15 is 0 Å². The number of rotatable bonds is 3. The van der Waals surface area contributed by atoms with Crippen LogP contribution in [-0.4, -0.2) is 15.5 Å². The number of nitrogens with zero attached hydrogens (tertiary/aromatic N) is 2. The average Bonchev–Trinajstić information content (AvgIpc) is 2.81. The lowest BCUT2D eigenvalue weighted by molar-refractivity contribution is 0.102. The van der Waals surface area contributed by atoms with E-state index < -0.39 is 0 Å². The molecule has 8 heteroatoms. The van der Waals surface area contributed by atoms with E-state index in [1.807, 2.05) is 6.92 Å². The summed E-state index contributed by atoms with van der Waals surface area (Å²) in [7, 11) is 0. The molecule has 2 rings (SSSR count). The molecule has 0 aliphatic rings. The number of carbonyl (C=O) groups is 1. The molecule has 1 aromatic heterocycles. The van der Waals surface area contributed by atoms with Gasteiger partial charge in [-0.15, -0.1) is 5.10 Å². The Morgan fingerprint density at radius 2 is 2.05 bits per heavy atom. The number of aromatic nitrogens is 2. The molecule has 100 valence electrons. The number of carbonyl (C=O) groups excluding carboxylic acids is 1. The number of anilines is 2. The van der Waals surface area contributed by atoms with Gasteiger partial charge in [0.25, 0.3) is 5.91 Å². The van der Waals surface area contributed by atoms with Gasteiger partial charge in [0, 0.05) is 14.6 Å². The van der Waals surface area contributed by atoms with Gasteiger partial charge in [0.2, 0.25) is 0 Å². The molecular weight excluding hydrogens is 396 g/mol. The summed E-state index contributed by atoms with van der Waals surface area (Å²) in [5.74, 6) is -0.224. The van der Waals surface area contributed by atoms with Gasteiger partial charge in [-0.25, -0.2) is 0 Å². The van der Waals surface area contributed by atoms with Gasteiger partial charge < -0.3 is 11.1 Å². The van der Waals surface area contributed by atoms with Crippen molar-refractivity contribution in [2.24, 2.45) is 0 Å². The molecule has 19 heavy (non-hydrogen) atoms. The van der Waals surface area contributed by atoms with Crippen LogP contribution < -0.4 is 11.1 Å². The molecule has 2 aromatic rings. The van der Waals surface area contributed by atoms with Crippen molar-refractivity contribution in [2.45, 2.75) is 13.3 Å². The zero-order chi connectivity index (χ0) is 14.0. The first-order chi connectivity index (χ1) is 9.02. The van der Waals surface area contributed by atoms with Crippen LogP contribution in [0.3, 0.4) is 0 Å². The first-order valence-electron chi connectivity index (χ1n) is 5.40. The molecule has 0 radical (unpaired) electrons. The largest absolute Gasteiger partial charge is 0.399 e. The van der Waals surface area contributed by atoms with Gasteiger partial charge in [0.05, 0.1) is 11.4 Å². The Morgan fingerprint density at radius 3 is 2.63 bits per heavy atom. The van der Waals surface area contributed by atoms with Crippen molar-refractivity contribution in [1.29, 1.82) is 0 Å². The zero-order valence-corrected chi connectivity index (χ0v) is 13.9. The van der Waals surface area contributed by atoms with E-state index in [0.29, 0.717) is 37.3 Å². The van der Waals surface area contributed by atoms with E-state index in [1.165, 1.54) is 0 Å². The maximum atomic E-state index is 12.2. The fourth-order valence-corrected chi connectivity index (χ4v) is 3.56. The summed E-state index contributed by atoms with van der Waals surface area (Å²) >= 11 is 7.83. The average molecular weight is 406 g/mol. The quantitative estimate of drug-likeness (QED) is 0.766. The third-order valence-corrected chi connectivity index (χ3v) is 4.42. The van der Waals surface area contributed by atoms with Crippen LogP contribution in [0.2, 0.25) is 0 Å². The topological polar surface area (TPSA) is 80.9 Å². The number of hydrogen-bond donors (Lipinski definition) is 2. The number of nitrogens with one attached hydrogen (secondary N) is 1. The molecule has 0 bridgehead atoms. The van der Waals surface area contributed by atoms with Crippen molar-refractivity contribution in [3.63, 3.8) is 0 Å². The van der Waals surface area contributed by atoms with Crippen molar-refractivity contribution in [2.75, 3.05) is 11.1 Å². The predicted molar refractivity (Wildman–Crippen MR) is 83.5 cm³/mol. The number of nitrogens with two attached hydrogens (primary N) is 1. The molecule has 0 atom stereocenters. The Labute approximate surface area is 131 Å². The second-order valence-electron chi connectivity index (χ2n) is 3.72. The Bertz CT molecular complexity index is 606. The third-order valence-electron chi connectivity index (χ3n) is 2.40. The molecular formula is C11H10Br2N4OS. The minimum Gasteiger partial charge on any atom is -0.399 e. The first-order valence-corrected chi connectivity index (χ1v) is 7.76. The van der Waals surface area contributed by atoms with Gasteiger partial charge >= 0.3 is 0 Å². The summed E-state index contributed by atoms with van der Waals surface area (Å²) in [6, 6.07) is 3.46. The summed E-state index contributed by atoms with van der Waals surface area (Å²) in [5, 5.41) is 6.75. The van der Waals surface area contributed by atoms with Gasteiger partial charge in [-0.2, -0.15) is 0 Å². The first kappa shape index (κ1) is 14.4. The van der Waals surface area contributed by atoms with Crippen LogP contribution in [0.25, 0.3) is 0 Å². The lowest BCUT2D eigenvalue weighted by Gasteiger charge is -2.10. The van der Waals surface area contributed by atoms with E-state index in [0.717, 1.165) is 11.5 Å². The molecule has 0 saturated heterocycles. The predicted octanol–water partition coefficient (Wildman–Crippen LogP) is 3.46. The number of hydrogen-bond acceptors (Lipinski definition) is 5. The van der Waals surface area contributed by atoms with Crippen LogP contribution in [0.1, 0.15) is 22.3 Å². The lowest BCUT2D eigenvalue weighted by Crippen LogP contribution is -2.13. The van der Waals surface area contributed by atoms with E-state index in [-0.39, 0.29) is 5.91 Å². The number of amides is 1. The van der Waals surface area contributed by atoms with Crippen molar-refractivity contribution in [1.82, 2.24) is 9.59 Å². The lowest BCUT2D eigenvalue weighted by atomic mass is 10.2. The smallest absolute Gasteiger partial charge is 0.269 e. The van der Waals surface area contributed by atoms with E-state index in [2.05, 4.69) is 46.8 Å². The maximum absolute atomic E-state index is 12.2. The number of halogens is 2. The van der Waals surface area contributed by atoms with Crippen LogP contribution in [0, 0.1) is 0 Å². The summed E-state index contributed by atoms with van der Waals surface area (Å²) in [6.45, 7) is 1.93. The highest BCUT2D eigenvalue weighted by molar-refractivity contribution is 9.11. The second kappa shape index (κ2) is 5.98. The third kappa shape index (κ3) is 3.13. The summed E-state index contributed by atoms with van der Waals surface area (Å²) in [6.07, 6.45) is 0.670. The summed E-state index contributed by atoms with van der Waals surface area (Å²) in [5.41, 5.74) is 7.64. The minimum absolute atomic E-state index is 0.224. The van der Waals surface area contributed by atoms with Gasteiger partial charge in [-0.1, -0.05) is 11.4 Å². The molecule has 3 N–H and O–H groups in total. The normalized spacial score (nSPS) is 10.5. The van der Waals surface area contributed by atoms with Crippen LogP contribution in [0.4, 0.5) is 11.4 Å². The Morgan fingerprint density at radius 1 is 1.42 bits per heavy atom. The molecule has 0 unspecified atom stereocenters. The molecule has 1 heterocycles. The summed E-state index contributed by atoms with van der Waals surface area (Å²) in [4.78, 5) is 12.7. The van der Waals surface area contributed by atoms with Gasteiger partial charge in [0.1, 0.15) is 4.88 Å². The maximum Gasteiger partial charge on any atom is 0.269 e. The number of aryl methyl sites for hydroxylation is 1. The molecule has 0 fully saturated rings. The van der Waals surface area contributed by atoms with Gasteiger partial charge in [0.15, 0.2) is 0 Å². The fourth-order valence-electron chi connectivity index (χ4n) is 1.49. The van der Waals surface area contributed by atoms with Crippen LogP contribution >= 0.6 is 43.4 Å². The van der Waals surface area contributed by atoms with Gasteiger partial charge in [-0.3, -0.25) is 4.79 Å². The molecule has 0 saturated carbocycles. The van der Waals surface area contributed by atoms with E-state index in [4.69, 9.17) is 5.73 Å². The van der Waals surface area contributed by atoms with Crippen LogP contribution in [0.15, 0.2) is 21.1 Å². The molecule has 5 nitrogen and oxygen atoms in total.